The lowest BCUT2D eigenvalue weighted by atomic mass is 9.42. The zero-order valence-electron chi connectivity index (χ0n) is 16.8. The minimum absolute atomic E-state index is 0.0407. The molecule has 3 heterocycles. The Hall–Kier alpha value is -0.690. The van der Waals surface area contributed by atoms with Crippen molar-refractivity contribution >= 4 is 5.97 Å². The van der Waals surface area contributed by atoms with Crippen molar-refractivity contribution in [3.05, 3.63) is 0 Å². The molecule has 0 aromatic heterocycles. The van der Waals surface area contributed by atoms with Gasteiger partial charge in [-0.1, -0.05) is 27.2 Å². The fourth-order valence-electron chi connectivity index (χ4n) is 8.21. The van der Waals surface area contributed by atoms with E-state index in [9.17, 15) is 9.90 Å². The lowest BCUT2D eigenvalue weighted by Crippen LogP contribution is -2.71. The predicted molar refractivity (Wildman–Crippen MR) is 93.8 cm³/mol. The average Bonchev–Trinajstić information content (AvgIpc) is 3.49. The van der Waals surface area contributed by atoms with Crippen LogP contribution in [0, 0.1) is 22.7 Å². The number of fused-ring (bicyclic) bond motifs is 3. The Morgan fingerprint density at radius 3 is 2.56 bits per heavy atom. The Balaban J connectivity index is 1.48. The maximum atomic E-state index is 12.8. The van der Waals surface area contributed by atoms with Gasteiger partial charge in [-0.25, -0.2) is 0 Å². The van der Waals surface area contributed by atoms with E-state index < -0.39 is 28.3 Å². The molecule has 2 spiro atoms. The molecule has 0 radical (unpaired) electrons. The van der Waals surface area contributed by atoms with Gasteiger partial charge in [-0.3, -0.25) is 4.79 Å². The van der Waals surface area contributed by atoms with Gasteiger partial charge in [0.1, 0.15) is 29.5 Å². The molecule has 3 saturated heterocycles. The molecule has 3 saturated carbocycles. The summed E-state index contributed by atoms with van der Waals surface area (Å²) in [6.45, 7) is 8.52. The molecule has 0 amide bonds. The van der Waals surface area contributed by atoms with E-state index in [4.69, 9.17) is 18.9 Å². The zero-order valence-corrected chi connectivity index (χ0v) is 16.8. The number of carbonyl (C=O) groups is 1. The Kier molecular flexibility index (Phi) is 2.80. The van der Waals surface area contributed by atoms with Gasteiger partial charge >= 0.3 is 5.97 Å². The van der Waals surface area contributed by atoms with Crippen molar-refractivity contribution in [2.45, 2.75) is 94.6 Å². The number of carbonyl (C=O) groups excluding carboxylic acids is 1. The molecule has 3 aliphatic carbocycles. The molecule has 6 heteroatoms. The summed E-state index contributed by atoms with van der Waals surface area (Å²) in [6.07, 6.45) is 2.68. The van der Waals surface area contributed by atoms with Crippen molar-refractivity contribution in [3.63, 3.8) is 0 Å². The number of epoxide rings is 3. The highest BCUT2D eigenvalue weighted by Crippen LogP contribution is 2.83. The third-order valence-electron chi connectivity index (χ3n) is 9.60. The number of methoxy groups -OCH3 is 1. The summed E-state index contributed by atoms with van der Waals surface area (Å²) in [7, 11) is 1.48. The maximum absolute atomic E-state index is 12.8. The maximum Gasteiger partial charge on any atom is 0.311 e. The lowest BCUT2D eigenvalue weighted by molar-refractivity contribution is -0.177. The first-order chi connectivity index (χ1) is 12.7. The third-order valence-corrected chi connectivity index (χ3v) is 9.60. The van der Waals surface area contributed by atoms with E-state index in [1.165, 1.54) is 7.11 Å². The summed E-state index contributed by atoms with van der Waals surface area (Å²) in [5, 5.41) is 11.5. The number of esters is 1. The molecule has 0 unspecified atom stereocenters. The Morgan fingerprint density at radius 2 is 1.89 bits per heavy atom. The molecule has 0 bridgehead atoms. The van der Waals surface area contributed by atoms with Crippen LogP contribution in [0.5, 0.6) is 0 Å². The Morgan fingerprint density at radius 1 is 1.15 bits per heavy atom. The van der Waals surface area contributed by atoms with Gasteiger partial charge < -0.3 is 24.1 Å². The lowest BCUT2D eigenvalue weighted by Gasteiger charge is -2.58. The summed E-state index contributed by atoms with van der Waals surface area (Å²) in [5.41, 5.74) is -2.52. The molecule has 6 nitrogen and oxygen atoms in total. The minimum atomic E-state index is -0.678. The van der Waals surface area contributed by atoms with Crippen LogP contribution in [0.4, 0.5) is 0 Å². The third kappa shape index (κ3) is 1.42. The quantitative estimate of drug-likeness (QED) is 0.583. The van der Waals surface area contributed by atoms with Crippen LogP contribution in [-0.4, -0.2) is 59.4 Å². The van der Waals surface area contributed by atoms with Crippen LogP contribution in [0.2, 0.25) is 0 Å². The van der Waals surface area contributed by atoms with Crippen LogP contribution in [0.25, 0.3) is 0 Å². The van der Waals surface area contributed by atoms with Crippen molar-refractivity contribution in [2.75, 3.05) is 7.11 Å². The number of ether oxygens (including phenoxy) is 4. The molecule has 10 atom stereocenters. The van der Waals surface area contributed by atoms with Gasteiger partial charge in [0.25, 0.3) is 0 Å². The minimum Gasteiger partial charge on any atom is -0.469 e. The van der Waals surface area contributed by atoms with Crippen LogP contribution < -0.4 is 0 Å². The Labute approximate surface area is 159 Å². The second-order valence-corrected chi connectivity index (χ2v) is 10.6. The largest absolute Gasteiger partial charge is 0.469 e. The first-order valence-corrected chi connectivity index (χ1v) is 10.5. The summed E-state index contributed by atoms with van der Waals surface area (Å²) >= 11 is 0. The molecule has 3 aliphatic heterocycles. The first kappa shape index (κ1) is 17.2. The SMILES string of the molecule is COC(=O)[C@]1(C)CCC[C@]2(C)[C@H]1C[C@H]1O[C@]13[C@H](O)[C@]1(C(C)C)O[C@H]1[C@H]1O[C@@]132. The van der Waals surface area contributed by atoms with E-state index in [0.29, 0.717) is 0 Å². The first-order valence-electron chi connectivity index (χ1n) is 10.5. The van der Waals surface area contributed by atoms with Gasteiger partial charge in [-0.15, -0.1) is 0 Å². The highest BCUT2D eigenvalue weighted by atomic mass is 16.7. The zero-order chi connectivity index (χ0) is 19.2. The molecule has 27 heavy (non-hydrogen) atoms. The fraction of sp³-hybridized carbons (Fsp3) is 0.952. The van der Waals surface area contributed by atoms with E-state index in [-0.39, 0.29) is 41.5 Å². The van der Waals surface area contributed by atoms with Crippen LogP contribution in [-0.2, 0) is 23.7 Å². The molecule has 150 valence electrons. The summed E-state index contributed by atoms with van der Waals surface area (Å²) < 4.78 is 24.3. The van der Waals surface area contributed by atoms with E-state index >= 15 is 0 Å². The van der Waals surface area contributed by atoms with E-state index in [0.717, 1.165) is 25.7 Å². The van der Waals surface area contributed by atoms with Crippen molar-refractivity contribution in [1.82, 2.24) is 0 Å². The highest BCUT2D eigenvalue weighted by molar-refractivity contribution is 5.77. The van der Waals surface area contributed by atoms with Crippen molar-refractivity contribution < 1.29 is 28.8 Å². The number of rotatable bonds is 2. The van der Waals surface area contributed by atoms with E-state index in [1.807, 2.05) is 0 Å². The predicted octanol–water partition coefficient (Wildman–Crippen LogP) is 1.82. The van der Waals surface area contributed by atoms with Gasteiger partial charge in [0, 0.05) is 5.41 Å². The number of hydrogen-bond acceptors (Lipinski definition) is 6. The molecule has 6 fully saturated rings. The van der Waals surface area contributed by atoms with Crippen LogP contribution in [0.15, 0.2) is 0 Å². The molecule has 6 aliphatic rings. The molecule has 0 aromatic rings. The standard InChI is InChI=1S/C21H30O6/c1-10(2)19-13(26-19)14-21(27-14)18(4)8-6-7-17(3,16(23)24-5)11(18)9-12-20(21,25-12)15(19)22/h10-15,22H,6-9H2,1-5H3/t11-,12+,13-,14+,15+,17+,18+,19+,20-,21+/m0/s1. The number of aliphatic hydroxyl groups excluding tert-OH is 1. The number of aliphatic hydroxyl groups is 1. The monoisotopic (exact) mass is 378 g/mol. The molecule has 1 N–H and O–H groups in total. The second-order valence-electron chi connectivity index (χ2n) is 10.6. The van der Waals surface area contributed by atoms with Crippen LogP contribution in [0.1, 0.15) is 53.4 Å². The van der Waals surface area contributed by atoms with Gasteiger partial charge in [-0.2, -0.15) is 0 Å². The molecule has 0 aromatic carbocycles. The fourth-order valence-corrected chi connectivity index (χ4v) is 8.21. The molecular weight excluding hydrogens is 348 g/mol. The topological polar surface area (TPSA) is 84.1 Å². The Bertz CT molecular complexity index is 753. The van der Waals surface area contributed by atoms with Gasteiger partial charge in [-0.05, 0) is 38.0 Å². The van der Waals surface area contributed by atoms with Crippen molar-refractivity contribution in [2.24, 2.45) is 22.7 Å². The van der Waals surface area contributed by atoms with E-state index in [2.05, 4.69) is 27.7 Å². The van der Waals surface area contributed by atoms with Gasteiger partial charge in [0.2, 0.25) is 0 Å². The molecular formula is C21H30O6. The van der Waals surface area contributed by atoms with Crippen LogP contribution in [0.3, 0.4) is 0 Å². The van der Waals surface area contributed by atoms with Crippen molar-refractivity contribution in [1.29, 1.82) is 0 Å². The summed E-state index contributed by atoms with van der Waals surface area (Å²) in [4.78, 5) is 12.8. The second kappa shape index (κ2) is 4.40. The normalized spacial score (nSPS) is 64.5. The highest BCUT2D eigenvalue weighted by Gasteiger charge is 3.00. The van der Waals surface area contributed by atoms with Gasteiger partial charge in [0.15, 0.2) is 5.60 Å². The average molecular weight is 378 g/mol. The van der Waals surface area contributed by atoms with E-state index in [1.54, 1.807) is 0 Å². The van der Waals surface area contributed by atoms with Gasteiger partial charge in [0.05, 0.1) is 18.6 Å². The smallest absolute Gasteiger partial charge is 0.311 e. The summed E-state index contributed by atoms with van der Waals surface area (Å²) in [6, 6.07) is 0. The van der Waals surface area contributed by atoms with Crippen molar-refractivity contribution in [3.8, 4) is 0 Å². The number of hydrogen-bond donors (Lipinski definition) is 1. The molecule has 6 rings (SSSR count). The summed E-state index contributed by atoms with van der Waals surface area (Å²) in [5.74, 6) is 0.196. The van der Waals surface area contributed by atoms with Crippen LogP contribution >= 0.6 is 0 Å².